The molecule has 0 aliphatic carbocycles. The SMILES string of the molecule is Cc1nn(C)c(C)c1CNC(=O)c1ccc(-c2ccco2)cc1. The van der Waals surface area contributed by atoms with Crippen LogP contribution in [0.15, 0.2) is 47.1 Å². The van der Waals surface area contributed by atoms with E-state index >= 15 is 0 Å². The summed E-state index contributed by atoms with van der Waals surface area (Å²) in [4.78, 5) is 12.3. The number of rotatable bonds is 4. The van der Waals surface area contributed by atoms with Crippen molar-refractivity contribution in [3.63, 3.8) is 0 Å². The molecule has 0 saturated heterocycles. The third kappa shape index (κ3) is 3.04. The molecule has 3 rings (SSSR count). The summed E-state index contributed by atoms with van der Waals surface area (Å²) < 4.78 is 7.17. The number of nitrogens with zero attached hydrogens (tertiary/aromatic N) is 2. The number of carbonyl (C=O) groups excluding carboxylic acids is 1. The Kier molecular flexibility index (Phi) is 4.02. The lowest BCUT2D eigenvalue weighted by molar-refractivity contribution is 0.0951. The first-order valence-corrected chi connectivity index (χ1v) is 7.47. The highest BCUT2D eigenvalue weighted by atomic mass is 16.3. The molecule has 118 valence electrons. The van der Waals surface area contributed by atoms with Gasteiger partial charge in [0.25, 0.3) is 5.91 Å². The minimum Gasteiger partial charge on any atom is -0.464 e. The average Bonchev–Trinajstić information content (AvgIpc) is 3.16. The van der Waals surface area contributed by atoms with E-state index in [1.807, 2.05) is 49.8 Å². The van der Waals surface area contributed by atoms with Gasteiger partial charge in [0.05, 0.1) is 12.0 Å². The van der Waals surface area contributed by atoms with E-state index in [1.54, 1.807) is 18.4 Å². The monoisotopic (exact) mass is 309 g/mol. The number of furan rings is 1. The van der Waals surface area contributed by atoms with Gasteiger partial charge in [-0.15, -0.1) is 0 Å². The second-order valence-electron chi connectivity index (χ2n) is 5.51. The lowest BCUT2D eigenvalue weighted by Crippen LogP contribution is -2.23. The zero-order chi connectivity index (χ0) is 16.4. The Morgan fingerprint density at radius 2 is 1.96 bits per heavy atom. The fourth-order valence-electron chi connectivity index (χ4n) is 2.57. The van der Waals surface area contributed by atoms with Gasteiger partial charge in [0, 0.05) is 36.0 Å². The zero-order valence-corrected chi connectivity index (χ0v) is 13.5. The van der Waals surface area contributed by atoms with Gasteiger partial charge in [-0.25, -0.2) is 0 Å². The van der Waals surface area contributed by atoms with E-state index in [-0.39, 0.29) is 5.91 Å². The predicted octanol–water partition coefficient (Wildman–Crippen LogP) is 3.23. The molecule has 0 spiro atoms. The molecule has 0 fully saturated rings. The van der Waals surface area contributed by atoms with E-state index in [4.69, 9.17) is 4.42 Å². The Bertz CT molecular complexity index is 815. The highest BCUT2D eigenvalue weighted by Crippen LogP contribution is 2.20. The quantitative estimate of drug-likeness (QED) is 0.805. The molecule has 0 unspecified atom stereocenters. The van der Waals surface area contributed by atoms with Crippen LogP contribution in [0.25, 0.3) is 11.3 Å². The molecule has 5 nitrogen and oxygen atoms in total. The molecule has 0 aliphatic rings. The highest BCUT2D eigenvalue weighted by molar-refractivity contribution is 5.94. The first-order valence-electron chi connectivity index (χ1n) is 7.47. The maximum absolute atomic E-state index is 12.3. The Morgan fingerprint density at radius 3 is 2.52 bits per heavy atom. The van der Waals surface area contributed by atoms with Gasteiger partial charge >= 0.3 is 0 Å². The maximum Gasteiger partial charge on any atom is 0.251 e. The number of nitrogens with one attached hydrogen (secondary N) is 1. The van der Waals surface area contributed by atoms with Gasteiger partial charge in [0.1, 0.15) is 5.76 Å². The average molecular weight is 309 g/mol. The number of hydrogen-bond donors (Lipinski definition) is 1. The second-order valence-corrected chi connectivity index (χ2v) is 5.51. The highest BCUT2D eigenvalue weighted by Gasteiger charge is 2.12. The Labute approximate surface area is 134 Å². The predicted molar refractivity (Wildman–Crippen MR) is 88.0 cm³/mol. The number of aromatic nitrogens is 2. The fourth-order valence-corrected chi connectivity index (χ4v) is 2.57. The number of amides is 1. The summed E-state index contributed by atoms with van der Waals surface area (Å²) in [6.45, 7) is 4.43. The fraction of sp³-hybridized carbons (Fsp3) is 0.222. The van der Waals surface area contributed by atoms with E-state index in [1.165, 1.54) is 0 Å². The van der Waals surface area contributed by atoms with Gasteiger partial charge in [-0.2, -0.15) is 5.10 Å². The van der Waals surface area contributed by atoms with E-state index in [0.29, 0.717) is 12.1 Å². The van der Waals surface area contributed by atoms with Crippen LogP contribution in [-0.2, 0) is 13.6 Å². The third-order valence-corrected chi connectivity index (χ3v) is 4.04. The van der Waals surface area contributed by atoms with Gasteiger partial charge in [0.15, 0.2) is 0 Å². The van der Waals surface area contributed by atoms with Crippen molar-refractivity contribution in [2.75, 3.05) is 0 Å². The molecule has 23 heavy (non-hydrogen) atoms. The molecule has 1 amide bonds. The molecule has 0 atom stereocenters. The number of benzene rings is 1. The van der Waals surface area contributed by atoms with Crippen LogP contribution >= 0.6 is 0 Å². The topological polar surface area (TPSA) is 60.1 Å². The van der Waals surface area contributed by atoms with Crippen molar-refractivity contribution in [1.82, 2.24) is 15.1 Å². The first-order chi connectivity index (χ1) is 11.1. The van der Waals surface area contributed by atoms with Crippen LogP contribution in [0.2, 0.25) is 0 Å². The molecule has 5 heteroatoms. The molecule has 0 bridgehead atoms. The van der Waals surface area contributed by atoms with Crippen LogP contribution < -0.4 is 5.32 Å². The summed E-state index contributed by atoms with van der Waals surface area (Å²) in [5, 5.41) is 7.31. The number of hydrogen-bond acceptors (Lipinski definition) is 3. The van der Waals surface area contributed by atoms with Crippen molar-refractivity contribution in [3.05, 3.63) is 65.2 Å². The Hall–Kier alpha value is -2.82. The van der Waals surface area contributed by atoms with Gasteiger partial charge in [0.2, 0.25) is 0 Å². The summed E-state index contributed by atoms with van der Waals surface area (Å²) in [5.74, 6) is 0.692. The van der Waals surface area contributed by atoms with E-state index < -0.39 is 0 Å². The minimum absolute atomic E-state index is 0.0985. The minimum atomic E-state index is -0.0985. The molecular formula is C18H19N3O2. The van der Waals surface area contributed by atoms with Crippen LogP contribution in [-0.4, -0.2) is 15.7 Å². The smallest absolute Gasteiger partial charge is 0.251 e. The van der Waals surface area contributed by atoms with Crippen LogP contribution in [0.1, 0.15) is 27.3 Å². The molecule has 1 N–H and O–H groups in total. The lowest BCUT2D eigenvalue weighted by atomic mass is 10.1. The van der Waals surface area contributed by atoms with Crippen molar-refractivity contribution < 1.29 is 9.21 Å². The van der Waals surface area contributed by atoms with Crippen molar-refractivity contribution in [1.29, 1.82) is 0 Å². The Balaban J connectivity index is 1.69. The van der Waals surface area contributed by atoms with Crippen LogP contribution in [0, 0.1) is 13.8 Å². The molecular weight excluding hydrogens is 290 g/mol. The lowest BCUT2D eigenvalue weighted by Gasteiger charge is -2.06. The first kappa shape index (κ1) is 15.1. The summed E-state index contributed by atoms with van der Waals surface area (Å²) in [6.07, 6.45) is 1.63. The molecule has 2 aromatic heterocycles. The number of carbonyl (C=O) groups is 1. The van der Waals surface area contributed by atoms with E-state index in [0.717, 1.165) is 28.3 Å². The van der Waals surface area contributed by atoms with Crippen molar-refractivity contribution >= 4 is 5.91 Å². The standard InChI is InChI=1S/C18H19N3O2/c1-12-16(13(2)21(3)20-12)11-19-18(22)15-8-6-14(7-9-15)17-5-4-10-23-17/h4-10H,11H2,1-3H3,(H,19,22). The Morgan fingerprint density at radius 1 is 1.22 bits per heavy atom. The van der Waals surface area contributed by atoms with E-state index in [2.05, 4.69) is 10.4 Å². The van der Waals surface area contributed by atoms with Gasteiger partial charge < -0.3 is 9.73 Å². The van der Waals surface area contributed by atoms with Crippen molar-refractivity contribution in [3.8, 4) is 11.3 Å². The second kappa shape index (κ2) is 6.12. The maximum atomic E-state index is 12.3. The number of aryl methyl sites for hydroxylation is 2. The third-order valence-electron chi connectivity index (χ3n) is 4.04. The van der Waals surface area contributed by atoms with Gasteiger partial charge in [-0.1, -0.05) is 12.1 Å². The molecule has 1 aromatic carbocycles. The normalized spacial score (nSPS) is 10.7. The molecule has 0 saturated carbocycles. The molecule has 2 heterocycles. The zero-order valence-electron chi connectivity index (χ0n) is 13.5. The van der Waals surface area contributed by atoms with Crippen molar-refractivity contribution in [2.45, 2.75) is 20.4 Å². The summed E-state index contributed by atoms with van der Waals surface area (Å²) in [6, 6.07) is 11.1. The molecule has 3 aromatic rings. The summed E-state index contributed by atoms with van der Waals surface area (Å²) >= 11 is 0. The van der Waals surface area contributed by atoms with E-state index in [9.17, 15) is 4.79 Å². The van der Waals surface area contributed by atoms with Crippen molar-refractivity contribution in [2.24, 2.45) is 7.05 Å². The largest absolute Gasteiger partial charge is 0.464 e. The van der Waals surface area contributed by atoms with Gasteiger partial charge in [-0.05, 0) is 38.1 Å². The van der Waals surface area contributed by atoms with Gasteiger partial charge in [-0.3, -0.25) is 9.48 Å². The van der Waals surface area contributed by atoms with Crippen LogP contribution in [0.5, 0.6) is 0 Å². The molecule has 0 radical (unpaired) electrons. The van der Waals surface area contributed by atoms with Crippen LogP contribution in [0.4, 0.5) is 0 Å². The molecule has 0 aliphatic heterocycles. The summed E-state index contributed by atoms with van der Waals surface area (Å²) in [7, 11) is 1.90. The summed E-state index contributed by atoms with van der Waals surface area (Å²) in [5.41, 5.74) is 4.65. The van der Waals surface area contributed by atoms with Crippen LogP contribution in [0.3, 0.4) is 0 Å².